The number of hydrogen-bond donors (Lipinski definition) is 3. The van der Waals surface area contributed by atoms with E-state index in [1.54, 1.807) is 17.8 Å². The molecule has 1 aliphatic carbocycles. The molecule has 0 radical (unpaired) electrons. The Bertz CT molecular complexity index is 2340. The van der Waals surface area contributed by atoms with Gasteiger partial charge in [0.25, 0.3) is 6.43 Å². The van der Waals surface area contributed by atoms with Crippen LogP contribution in [0.4, 0.5) is 14.7 Å². The largest absolute Gasteiger partial charge is 0.393 e. The fraction of sp³-hybridized carbons (Fsp3) is 0.523. The van der Waals surface area contributed by atoms with Crippen molar-refractivity contribution in [1.29, 1.82) is 0 Å². The first kappa shape index (κ1) is 41.7. The number of fused-ring (bicyclic) bond motifs is 2. The molecule has 320 valence electrons. The van der Waals surface area contributed by atoms with Crippen molar-refractivity contribution >= 4 is 39.8 Å². The van der Waals surface area contributed by atoms with E-state index in [4.69, 9.17) is 4.74 Å². The molecule has 14 nitrogen and oxygen atoms in total. The highest BCUT2D eigenvalue weighted by atomic mass is 19.3. The fourth-order valence-corrected chi connectivity index (χ4v) is 9.01. The first-order valence-electron chi connectivity index (χ1n) is 21.3. The second-order valence-electron chi connectivity index (χ2n) is 16.5. The van der Waals surface area contributed by atoms with Crippen LogP contribution >= 0.6 is 0 Å². The van der Waals surface area contributed by atoms with E-state index in [2.05, 4.69) is 65.4 Å². The molecule has 1 atom stereocenters. The summed E-state index contributed by atoms with van der Waals surface area (Å²) in [6, 6.07) is 14.0. The molecule has 2 aliphatic heterocycles. The number of aliphatic hydroxyl groups is 1. The maximum Gasteiger partial charge on any atom is 0.329 e. The number of ether oxygens (including phenoxy) is 1. The van der Waals surface area contributed by atoms with Crippen LogP contribution < -0.4 is 16.3 Å². The average molecular weight is 828 g/mol. The van der Waals surface area contributed by atoms with Crippen LogP contribution in [0.15, 0.2) is 59.7 Å². The van der Waals surface area contributed by atoms with Crippen LogP contribution in [-0.4, -0.2) is 115 Å². The van der Waals surface area contributed by atoms with E-state index in [1.165, 1.54) is 10.1 Å². The summed E-state index contributed by atoms with van der Waals surface area (Å²) in [5.41, 5.74) is 6.33. The summed E-state index contributed by atoms with van der Waals surface area (Å²) < 4.78 is 37.0. The van der Waals surface area contributed by atoms with Crippen LogP contribution in [0.5, 0.6) is 0 Å². The van der Waals surface area contributed by atoms with Gasteiger partial charge < -0.3 is 24.6 Å². The van der Waals surface area contributed by atoms with Crippen molar-refractivity contribution < 1.29 is 28.2 Å². The average Bonchev–Trinajstić information content (AvgIpc) is 3.74. The second-order valence-corrected chi connectivity index (χ2v) is 16.5. The van der Waals surface area contributed by atoms with Gasteiger partial charge >= 0.3 is 5.69 Å². The van der Waals surface area contributed by atoms with Crippen LogP contribution in [0.2, 0.25) is 0 Å². The molecule has 60 heavy (non-hydrogen) atoms. The lowest BCUT2D eigenvalue weighted by Gasteiger charge is -2.34. The summed E-state index contributed by atoms with van der Waals surface area (Å²) in [6.07, 6.45) is 7.33. The second kappa shape index (κ2) is 18.7. The highest BCUT2D eigenvalue weighted by Crippen LogP contribution is 2.37. The van der Waals surface area contributed by atoms with Crippen molar-refractivity contribution in [2.45, 2.75) is 88.9 Å². The molecule has 2 saturated heterocycles. The van der Waals surface area contributed by atoms with Gasteiger partial charge in [-0.2, -0.15) is 4.98 Å². The lowest BCUT2D eigenvalue weighted by atomic mass is 9.93. The molecule has 8 rings (SSSR count). The maximum atomic E-state index is 13.1. The Morgan fingerprint density at radius 2 is 1.65 bits per heavy atom. The molecular formula is C44H55F2N9O5. The van der Waals surface area contributed by atoms with Crippen LogP contribution in [0, 0.1) is 0 Å². The number of aryl methyl sites for hydroxylation is 2. The number of aromatic nitrogens is 5. The van der Waals surface area contributed by atoms with Gasteiger partial charge in [0.15, 0.2) is 0 Å². The zero-order chi connectivity index (χ0) is 41.8. The number of imide groups is 1. The molecule has 3 fully saturated rings. The standard InChI is InChI=1S/C44H55F2N9O5/c1-51-38-24-29(7-14-36(38)55(44(51)59)37-15-16-40(57)49-42(37)58)4-2-22-60-23-3-17-52-18-20-53(21-19-52)27-30-5-8-31(9-6-30)35-28-54(32-10-12-33(56)13-11-32)41-34(35)25-47-43(50-41)48-26-39(45)46/h5-9,14,24-25,28,32-33,37,39,56H,2-4,10-13,15-23,26-27H2,1H3,(H,47,48,50)(H,49,57,58)/t32?,33?,37-/m0/s1. The lowest BCUT2D eigenvalue weighted by Crippen LogP contribution is -2.46. The fourth-order valence-electron chi connectivity index (χ4n) is 9.01. The van der Waals surface area contributed by atoms with Gasteiger partial charge in [0.05, 0.1) is 23.7 Å². The van der Waals surface area contributed by atoms with Crippen molar-refractivity contribution in [3.63, 3.8) is 0 Å². The lowest BCUT2D eigenvalue weighted by molar-refractivity contribution is -0.135. The van der Waals surface area contributed by atoms with E-state index in [0.717, 1.165) is 117 Å². The minimum absolute atomic E-state index is 0.170. The van der Waals surface area contributed by atoms with Crippen LogP contribution in [0.25, 0.3) is 33.2 Å². The quantitative estimate of drug-likeness (QED) is 0.0912. The van der Waals surface area contributed by atoms with Crippen LogP contribution in [0.1, 0.15) is 74.6 Å². The third kappa shape index (κ3) is 9.46. The Morgan fingerprint density at radius 3 is 2.40 bits per heavy atom. The van der Waals surface area contributed by atoms with Crippen molar-refractivity contribution in [3.8, 4) is 11.1 Å². The molecule has 3 aromatic heterocycles. The number of carbonyl (C=O) groups is 2. The molecule has 0 unspecified atom stereocenters. The third-order valence-corrected chi connectivity index (χ3v) is 12.4. The van der Waals surface area contributed by atoms with Gasteiger partial charge in [0, 0.05) is 95.3 Å². The van der Waals surface area contributed by atoms with E-state index in [9.17, 15) is 28.3 Å². The number of nitrogens with zero attached hydrogens (tertiary/aromatic N) is 7. The van der Waals surface area contributed by atoms with Gasteiger partial charge in [-0.05, 0) is 80.2 Å². The number of carbonyl (C=O) groups excluding carboxylic acids is 2. The van der Waals surface area contributed by atoms with Gasteiger partial charge in [0.1, 0.15) is 11.7 Å². The van der Waals surface area contributed by atoms with Gasteiger partial charge in [-0.1, -0.05) is 30.3 Å². The highest BCUT2D eigenvalue weighted by molar-refractivity contribution is 6.00. The minimum atomic E-state index is -2.50. The van der Waals surface area contributed by atoms with E-state index >= 15 is 0 Å². The summed E-state index contributed by atoms with van der Waals surface area (Å²) in [4.78, 5) is 51.2. The summed E-state index contributed by atoms with van der Waals surface area (Å²) >= 11 is 0. The molecule has 5 aromatic rings. The molecule has 0 spiro atoms. The van der Waals surface area contributed by atoms with Crippen molar-refractivity contribution in [2.24, 2.45) is 7.05 Å². The van der Waals surface area contributed by atoms with Crippen molar-refractivity contribution in [1.82, 2.24) is 38.8 Å². The van der Waals surface area contributed by atoms with E-state index in [0.29, 0.717) is 25.2 Å². The predicted molar refractivity (Wildman–Crippen MR) is 225 cm³/mol. The van der Waals surface area contributed by atoms with Gasteiger partial charge in [0.2, 0.25) is 17.8 Å². The number of rotatable bonds is 16. The SMILES string of the molecule is Cn1c(=O)n([C@H]2CCC(=O)NC2=O)c2ccc(CCCOCCCN3CCN(Cc4ccc(-c5cn(C6CCC(O)CC6)c6nc(NCC(F)F)ncc56)cc4)CC3)cc21. The molecule has 16 heteroatoms. The van der Waals surface area contributed by atoms with Crippen molar-refractivity contribution in [3.05, 3.63) is 76.5 Å². The molecule has 2 amide bonds. The molecule has 5 heterocycles. The molecule has 2 aromatic carbocycles. The number of anilines is 1. The number of imidazole rings is 1. The summed E-state index contributed by atoms with van der Waals surface area (Å²) in [7, 11) is 1.71. The van der Waals surface area contributed by atoms with Gasteiger partial charge in [-0.3, -0.25) is 28.9 Å². The summed E-state index contributed by atoms with van der Waals surface area (Å²) in [6.45, 7) is 6.76. The normalized spacial score (nSPS) is 20.7. The Hall–Kier alpha value is -5.03. The molecule has 1 saturated carbocycles. The zero-order valence-corrected chi connectivity index (χ0v) is 34.2. The number of piperazine rings is 1. The summed E-state index contributed by atoms with van der Waals surface area (Å²) in [5, 5.41) is 16.0. The maximum absolute atomic E-state index is 13.1. The van der Waals surface area contributed by atoms with E-state index < -0.39 is 24.9 Å². The molecule has 3 N–H and O–H groups in total. The first-order chi connectivity index (χ1) is 29.1. The number of halogens is 2. The zero-order valence-electron chi connectivity index (χ0n) is 34.2. The Balaban J connectivity index is 0.767. The van der Waals surface area contributed by atoms with Crippen LogP contribution in [-0.2, 0) is 34.3 Å². The first-order valence-corrected chi connectivity index (χ1v) is 21.3. The van der Waals surface area contributed by atoms with E-state index in [-0.39, 0.29) is 36.1 Å². The number of amides is 2. The smallest absolute Gasteiger partial charge is 0.329 e. The Morgan fingerprint density at radius 1 is 0.917 bits per heavy atom. The summed E-state index contributed by atoms with van der Waals surface area (Å²) in [5.74, 6) is -0.547. The van der Waals surface area contributed by atoms with Gasteiger partial charge in [-0.25, -0.2) is 18.6 Å². The number of alkyl halides is 2. The highest BCUT2D eigenvalue weighted by Gasteiger charge is 2.31. The van der Waals surface area contributed by atoms with Gasteiger partial charge in [-0.15, -0.1) is 0 Å². The predicted octanol–water partition coefficient (Wildman–Crippen LogP) is 5.04. The molecular weight excluding hydrogens is 773 g/mol. The monoisotopic (exact) mass is 827 g/mol. The number of nitrogens with one attached hydrogen (secondary N) is 2. The van der Waals surface area contributed by atoms with E-state index in [1.807, 2.05) is 18.2 Å². The number of piperidine rings is 1. The Labute approximate surface area is 347 Å². The van der Waals surface area contributed by atoms with Crippen LogP contribution in [0.3, 0.4) is 0 Å². The molecule has 3 aliphatic rings. The molecule has 0 bridgehead atoms. The topological polar surface area (TPSA) is 152 Å². The Kier molecular flexibility index (Phi) is 13.0. The minimum Gasteiger partial charge on any atom is -0.393 e. The van der Waals surface area contributed by atoms with Crippen molar-refractivity contribution in [2.75, 3.05) is 57.8 Å². The number of benzene rings is 2. The number of hydrogen-bond acceptors (Lipinski definition) is 10. The number of aliphatic hydroxyl groups excluding tert-OH is 1. The third-order valence-electron chi connectivity index (χ3n) is 12.4.